The van der Waals surface area contributed by atoms with Crippen LogP contribution in [0.3, 0.4) is 0 Å². The van der Waals surface area contributed by atoms with Crippen molar-refractivity contribution in [3.8, 4) is 11.5 Å². The maximum atomic E-state index is 12.7. The Labute approximate surface area is 104 Å². The molecule has 0 aliphatic rings. The zero-order chi connectivity index (χ0) is 13.0. The first-order chi connectivity index (χ1) is 8.66. The van der Waals surface area contributed by atoms with Gasteiger partial charge in [-0.3, -0.25) is 0 Å². The van der Waals surface area contributed by atoms with E-state index < -0.39 is 6.10 Å². The number of para-hydroxylation sites is 1. The summed E-state index contributed by atoms with van der Waals surface area (Å²) in [6.45, 7) is -0.0107. The molecule has 0 amide bonds. The van der Waals surface area contributed by atoms with Crippen LogP contribution in [0, 0.1) is 5.82 Å². The molecule has 94 valence electrons. The molecular formula is C14H13FO3. The predicted molar refractivity (Wildman–Crippen MR) is 65.0 cm³/mol. The Hall–Kier alpha value is -2.07. The van der Waals surface area contributed by atoms with Crippen LogP contribution in [0.4, 0.5) is 4.39 Å². The van der Waals surface area contributed by atoms with E-state index in [0.717, 1.165) is 0 Å². The quantitative estimate of drug-likeness (QED) is 0.874. The molecule has 0 aliphatic heterocycles. The lowest BCUT2D eigenvalue weighted by Gasteiger charge is -2.13. The molecule has 0 fully saturated rings. The summed E-state index contributed by atoms with van der Waals surface area (Å²) in [6.07, 6.45) is -0.934. The minimum absolute atomic E-state index is 0.0107. The van der Waals surface area contributed by atoms with E-state index in [2.05, 4.69) is 0 Å². The monoisotopic (exact) mass is 248 g/mol. The number of aliphatic hydroxyl groups is 1. The maximum Gasteiger partial charge on any atom is 0.123 e. The summed E-state index contributed by atoms with van der Waals surface area (Å²) in [5, 5.41) is 19.4. The van der Waals surface area contributed by atoms with E-state index in [1.165, 1.54) is 30.3 Å². The van der Waals surface area contributed by atoms with Gasteiger partial charge in [-0.15, -0.1) is 0 Å². The largest absolute Gasteiger partial charge is 0.508 e. The number of benzene rings is 2. The zero-order valence-electron chi connectivity index (χ0n) is 9.58. The molecule has 2 aromatic rings. The first kappa shape index (κ1) is 12.4. The van der Waals surface area contributed by atoms with Gasteiger partial charge in [-0.05, 0) is 30.3 Å². The standard InChI is InChI=1S/C14H13FO3/c15-10-5-7-11(8-6-10)18-9-14(17)12-3-1-2-4-13(12)16/h1-8,14,16-17H,9H2. The van der Waals surface area contributed by atoms with Crippen molar-refractivity contribution < 1.29 is 19.3 Å². The van der Waals surface area contributed by atoms with E-state index in [-0.39, 0.29) is 18.2 Å². The van der Waals surface area contributed by atoms with E-state index in [0.29, 0.717) is 11.3 Å². The lowest BCUT2D eigenvalue weighted by Crippen LogP contribution is -2.09. The van der Waals surface area contributed by atoms with Gasteiger partial charge < -0.3 is 14.9 Å². The number of phenolic OH excluding ortho intramolecular Hbond substituents is 1. The van der Waals surface area contributed by atoms with Gasteiger partial charge in [0.15, 0.2) is 0 Å². The Morgan fingerprint density at radius 3 is 2.39 bits per heavy atom. The van der Waals surface area contributed by atoms with Crippen LogP contribution in [-0.4, -0.2) is 16.8 Å². The number of hydrogen-bond donors (Lipinski definition) is 2. The lowest BCUT2D eigenvalue weighted by atomic mass is 10.1. The highest BCUT2D eigenvalue weighted by atomic mass is 19.1. The Bertz CT molecular complexity index is 511. The Kier molecular flexibility index (Phi) is 3.79. The van der Waals surface area contributed by atoms with Crippen LogP contribution in [0.2, 0.25) is 0 Å². The summed E-state index contributed by atoms with van der Waals surface area (Å²) < 4.78 is 18.0. The van der Waals surface area contributed by atoms with Gasteiger partial charge >= 0.3 is 0 Å². The third-order valence-corrected chi connectivity index (χ3v) is 2.52. The van der Waals surface area contributed by atoms with Crippen molar-refractivity contribution in [2.24, 2.45) is 0 Å². The van der Waals surface area contributed by atoms with Gasteiger partial charge in [0.2, 0.25) is 0 Å². The van der Waals surface area contributed by atoms with Crippen LogP contribution < -0.4 is 4.74 Å². The summed E-state index contributed by atoms with van der Waals surface area (Å²) in [7, 11) is 0. The van der Waals surface area contributed by atoms with Crippen molar-refractivity contribution in [2.75, 3.05) is 6.61 Å². The topological polar surface area (TPSA) is 49.7 Å². The number of aromatic hydroxyl groups is 1. The molecule has 0 saturated heterocycles. The van der Waals surface area contributed by atoms with Gasteiger partial charge in [-0.2, -0.15) is 0 Å². The second kappa shape index (κ2) is 5.51. The van der Waals surface area contributed by atoms with E-state index in [4.69, 9.17) is 4.74 Å². The van der Waals surface area contributed by atoms with Gasteiger partial charge in [0.1, 0.15) is 30.0 Å². The van der Waals surface area contributed by atoms with Crippen LogP contribution >= 0.6 is 0 Å². The molecule has 2 aromatic carbocycles. The molecule has 1 unspecified atom stereocenters. The number of rotatable bonds is 4. The molecule has 0 radical (unpaired) electrons. The normalized spacial score (nSPS) is 12.1. The van der Waals surface area contributed by atoms with Crippen molar-refractivity contribution in [3.05, 3.63) is 59.9 Å². The van der Waals surface area contributed by atoms with Crippen molar-refractivity contribution in [2.45, 2.75) is 6.10 Å². The highest BCUT2D eigenvalue weighted by molar-refractivity contribution is 5.33. The second-order valence-corrected chi connectivity index (χ2v) is 3.84. The first-order valence-electron chi connectivity index (χ1n) is 5.51. The first-order valence-corrected chi connectivity index (χ1v) is 5.51. The Morgan fingerprint density at radius 2 is 1.72 bits per heavy atom. The van der Waals surface area contributed by atoms with E-state index in [9.17, 15) is 14.6 Å². The number of ether oxygens (including phenoxy) is 1. The maximum absolute atomic E-state index is 12.7. The fraction of sp³-hybridized carbons (Fsp3) is 0.143. The smallest absolute Gasteiger partial charge is 0.123 e. The Balaban J connectivity index is 1.98. The van der Waals surface area contributed by atoms with Crippen LogP contribution in [0.25, 0.3) is 0 Å². The average molecular weight is 248 g/mol. The molecule has 0 aromatic heterocycles. The van der Waals surface area contributed by atoms with Crippen LogP contribution in [0.15, 0.2) is 48.5 Å². The summed E-state index contributed by atoms with van der Waals surface area (Å²) in [5.41, 5.74) is 0.402. The molecule has 1 atom stereocenters. The summed E-state index contributed by atoms with van der Waals surface area (Å²) in [5.74, 6) is 0.141. The van der Waals surface area contributed by atoms with Crippen molar-refractivity contribution in [1.82, 2.24) is 0 Å². The minimum Gasteiger partial charge on any atom is -0.508 e. The third-order valence-electron chi connectivity index (χ3n) is 2.52. The molecule has 0 spiro atoms. The van der Waals surface area contributed by atoms with Crippen LogP contribution in [0.1, 0.15) is 11.7 Å². The molecule has 2 rings (SSSR count). The summed E-state index contributed by atoms with van der Waals surface area (Å²) in [6, 6.07) is 12.0. The molecular weight excluding hydrogens is 235 g/mol. The number of phenols is 1. The molecule has 2 N–H and O–H groups in total. The predicted octanol–water partition coefficient (Wildman–Crippen LogP) is 2.64. The highest BCUT2D eigenvalue weighted by Gasteiger charge is 2.12. The second-order valence-electron chi connectivity index (χ2n) is 3.84. The van der Waals surface area contributed by atoms with Crippen molar-refractivity contribution in [1.29, 1.82) is 0 Å². The fourth-order valence-electron chi connectivity index (χ4n) is 1.57. The number of halogens is 1. The highest BCUT2D eigenvalue weighted by Crippen LogP contribution is 2.24. The van der Waals surface area contributed by atoms with Crippen molar-refractivity contribution in [3.63, 3.8) is 0 Å². The van der Waals surface area contributed by atoms with Crippen LogP contribution in [0.5, 0.6) is 11.5 Å². The minimum atomic E-state index is -0.934. The molecule has 18 heavy (non-hydrogen) atoms. The van der Waals surface area contributed by atoms with E-state index >= 15 is 0 Å². The molecule has 0 saturated carbocycles. The van der Waals surface area contributed by atoms with E-state index in [1.54, 1.807) is 18.2 Å². The SMILES string of the molecule is Oc1ccccc1C(O)COc1ccc(F)cc1. The zero-order valence-corrected chi connectivity index (χ0v) is 9.58. The number of aliphatic hydroxyl groups excluding tert-OH is 1. The summed E-state index contributed by atoms with van der Waals surface area (Å²) in [4.78, 5) is 0. The van der Waals surface area contributed by atoms with Gasteiger partial charge in [0.05, 0.1) is 0 Å². The average Bonchev–Trinajstić information content (AvgIpc) is 2.38. The Morgan fingerprint density at radius 1 is 1.06 bits per heavy atom. The van der Waals surface area contributed by atoms with Gasteiger partial charge in [0, 0.05) is 5.56 Å². The van der Waals surface area contributed by atoms with Crippen LogP contribution in [-0.2, 0) is 0 Å². The molecule has 0 aliphatic carbocycles. The fourth-order valence-corrected chi connectivity index (χ4v) is 1.57. The number of hydrogen-bond acceptors (Lipinski definition) is 3. The van der Waals surface area contributed by atoms with E-state index in [1.807, 2.05) is 0 Å². The molecule has 0 heterocycles. The third kappa shape index (κ3) is 2.99. The lowest BCUT2D eigenvalue weighted by molar-refractivity contribution is 0.106. The molecule has 0 bridgehead atoms. The van der Waals surface area contributed by atoms with Crippen molar-refractivity contribution >= 4 is 0 Å². The molecule has 3 nitrogen and oxygen atoms in total. The van der Waals surface area contributed by atoms with Gasteiger partial charge in [0.25, 0.3) is 0 Å². The van der Waals surface area contributed by atoms with Gasteiger partial charge in [-0.1, -0.05) is 18.2 Å². The summed E-state index contributed by atoms with van der Waals surface area (Å²) >= 11 is 0. The molecule has 4 heteroatoms. The van der Waals surface area contributed by atoms with Gasteiger partial charge in [-0.25, -0.2) is 4.39 Å².